The van der Waals surface area contributed by atoms with Crippen LogP contribution in [0.2, 0.25) is 0 Å². The SMILES string of the molecule is O=C(CC(Nc1ccccc1)c1ccc(Br)cc1)c1ccccc1. The second-order valence-corrected chi connectivity index (χ2v) is 6.52. The Bertz CT molecular complexity index is 785. The highest BCUT2D eigenvalue weighted by Gasteiger charge is 2.17. The van der Waals surface area contributed by atoms with Crippen molar-refractivity contribution in [3.63, 3.8) is 0 Å². The summed E-state index contributed by atoms with van der Waals surface area (Å²) in [5.41, 5.74) is 2.84. The number of hydrogen-bond donors (Lipinski definition) is 1. The van der Waals surface area contributed by atoms with Crippen LogP contribution in [0.4, 0.5) is 5.69 Å². The van der Waals surface area contributed by atoms with E-state index in [0.29, 0.717) is 6.42 Å². The Morgan fingerprint density at radius 3 is 2.04 bits per heavy atom. The molecule has 0 aliphatic heterocycles. The third kappa shape index (κ3) is 4.33. The Hall–Kier alpha value is -2.39. The summed E-state index contributed by atoms with van der Waals surface area (Å²) in [5, 5.41) is 3.48. The Morgan fingerprint density at radius 1 is 0.833 bits per heavy atom. The zero-order valence-electron chi connectivity index (χ0n) is 13.2. The molecule has 120 valence electrons. The average molecular weight is 380 g/mol. The number of nitrogens with one attached hydrogen (secondary N) is 1. The molecule has 0 aliphatic rings. The molecule has 1 atom stereocenters. The monoisotopic (exact) mass is 379 g/mol. The molecule has 3 heteroatoms. The summed E-state index contributed by atoms with van der Waals surface area (Å²) < 4.78 is 1.03. The largest absolute Gasteiger partial charge is 0.378 e. The minimum atomic E-state index is -0.0757. The Kier molecular flexibility index (Phi) is 5.44. The first-order valence-corrected chi connectivity index (χ1v) is 8.67. The number of halogens is 1. The molecular weight excluding hydrogens is 362 g/mol. The van der Waals surface area contributed by atoms with Gasteiger partial charge in [0.05, 0.1) is 6.04 Å². The molecule has 0 amide bonds. The van der Waals surface area contributed by atoms with Crippen LogP contribution in [0.25, 0.3) is 0 Å². The van der Waals surface area contributed by atoms with Gasteiger partial charge in [-0.1, -0.05) is 76.6 Å². The Morgan fingerprint density at radius 2 is 1.42 bits per heavy atom. The lowest BCUT2D eigenvalue weighted by Crippen LogP contribution is -2.15. The van der Waals surface area contributed by atoms with Gasteiger partial charge in [0.1, 0.15) is 0 Å². The van der Waals surface area contributed by atoms with E-state index in [1.807, 2.05) is 84.9 Å². The highest BCUT2D eigenvalue weighted by atomic mass is 79.9. The summed E-state index contributed by atoms with van der Waals surface area (Å²) in [4.78, 5) is 12.6. The van der Waals surface area contributed by atoms with E-state index in [1.54, 1.807) is 0 Å². The topological polar surface area (TPSA) is 29.1 Å². The minimum Gasteiger partial charge on any atom is -0.378 e. The molecule has 0 heterocycles. The van der Waals surface area contributed by atoms with Crippen LogP contribution >= 0.6 is 15.9 Å². The van der Waals surface area contributed by atoms with E-state index < -0.39 is 0 Å². The van der Waals surface area contributed by atoms with Gasteiger partial charge in [0.15, 0.2) is 5.78 Å². The van der Waals surface area contributed by atoms with Gasteiger partial charge in [-0.05, 0) is 29.8 Å². The van der Waals surface area contributed by atoms with Crippen LogP contribution < -0.4 is 5.32 Å². The molecule has 1 unspecified atom stereocenters. The molecular formula is C21H18BrNO. The second kappa shape index (κ2) is 7.93. The van der Waals surface area contributed by atoms with Gasteiger partial charge in [-0.2, -0.15) is 0 Å². The van der Waals surface area contributed by atoms with Crippen LogP contribution in [-0.2, 0) is 0 Å². The Balaban J connectivity index is 1.84. The second-order valence-electron chi connectivity index (χ2n) is 5.61. The van der Waals surface area contributed by atoms with Gasteiger partial charge >= 0.3 is 0 Å². The quantitative estimate of drug-likeness (QED) is 0.542. The molecule has 3 rings (SSSR count). The lowest BCUT2D eigenvalue weighted by Gasteiger charge is -2.20. The number of benzene rings is 3. The molecule has 24 heavy (non-hydrogen) atoms. The first-order valence-electron chi connectivity index (χ1n) is 7.87. The summed E-state index contributed by atoms with van der Waals surface area (Å²) in [6, 6.07) is 27.4. The third-order valence-corrected chi connectivity index (χ3v) is 4.40. The van der Waals surface area contributed by atoms with E-state index in [9.17, 15) is 4.79 Å². The van der Waals surface area contributed by atoms with Crippen LogP contribution in [0.5, 0.6) is 0 Å². The predicted molar refractivity (Wildman–Crippen MR) is 102 cm³/mol. The normalized spacial score (nSPS) is 11.7. The minimum absolute atomic E-state index is 0.0757. The van der Waals surface area contributed by atoms with Crippen LogP contribution in [0.3, 0.4) is 0 Å². The standard InChI is InChI=1S/C21H18BrNO/c22-18-13-11-16(12-14-18)20(23-19-9-5-2-6-10-19)15-21(24)17-7-3-1-4-8-17/h1-14,20,23H,15H2. The van der Waals surface area contributed by atoms with Crippen molar-refractivity contribution in [2.24, 2.45) is 0 Å². The number of hydrogen-bond acceptors (Lipinski definition) is 2. The van der Waals surface area contributed by atoms with Crippen LogP contribution in [0.15, 0.2) is 89.4 Å². The fraction of sp³-hybridized carbons (Fsp3) is 0.0952. The number of ketones is 1. The summed E-state index contributed by atoms with van der Waals surface area (Å²) in [5.74, 6) is 0.131. The van der Waals surface area contributed by atoms with Gasteiger partial charge < -0.3 is 5.32 Å². The number of carbonyl (C=O) groups excluding carboxylic acids is 1. The lowest BCUT2D eigenvalue weighted by atomic mass is 9.97. The maximum Gasteiger partial charge on any atom is 0.165 e. The third-order valence-electron chi connectivity index (χ3n) is 3.87. The molecule has 0 spiro atoms. The van der Waals surface area contributed by atoms with Crippen molar-refractivity contribution < 1.29 is 4.79 Å². The van der Waals surface area contributed by atoms with Gasteiger partial charge in [0.2, 0.25) is 0 Å². The van der Waals surface area contributed by atoms with Crippen LogP contribution in [0.1, 0.15) is 28.4 Å². The maximum atomic E-state index is 12.6. The summed E-state index contributed by atoms with van der Waals surface area (Å²) in [7, 11) is 0. The number of Topliss-reactive ketones (excluding diaryl/α,β-unsaturated/α-hetero) is 1. The van der Waals surface area contributed by atoms with Crippen molar-refractivity contribution in [3.8, 4) is 0 Å². The van der Waals surface area contributed by atoms with E-state index in [-0.39, 0.29) is 11.8 Å². The van der Waals surface area contributed by atoms with Gasteiger partial charge in [0.25, 0.3) is 0 Å². The smallest absolute Gasteiger partial charge is 0.165 e. The molecule has 0 fully saturated rings. The highest BCUT2D eigenvalue weighted by Crippen LogP contribution is 2.25. The van der Waals surface area contributed by atoms with Gasteiger partial charge in [0, 0.05) is 22.1 Å². The zero-order valence-corrected chi connectivity index (χ0v) is 14.7. The van der Waals surface area contributed by atoms with E-state index in [1.165, 1.54) is 0 Å². The van der Waals surface area contributed by atoms with Gasteiger partial charge in [-0.15, -0.1) is 0 Å². The molecule has 3 aromatic carbocycles. The first-order chi connectivity index (χ1) is 11.7. The van der Waals surface area contributed by atoms with Crippen molar-refractivity contribution in [1.82, 2.24) is 0 Å². The summed E-state index contributed by atoms with van der Waals surface area (Å²) >= 11 is 3.46. The molecule has 3 aromatic rings. The maximum absolute atomic E-state index is 12.6. The molecule has 0 saturated heterocycles. The van der Waals surface area contributed by atoms with E-state index in [4.69, 9.17) is 0 Å². The lowest BCUT2D eigenvalue weighted by molar-refractivity contribution is 0.0976. The molecule has 1 N–H and O–H groups in total. The fourth-order valence-corrected chi connectivity index (χ4v) is 2.87. The van der Waals surface area contributed by atoms with Crippen molar-refractivity contribution in [2.45, 2.75) is 12.5 Å². The highest BCUT2D eigenvalue weighted by molar-refractivity contribution is 9.10. The number of rotatable bonds is 6. The van der Waals surface area contributed by atoms with Crippen molar-refractivity contribution in [3.05, 3.63) is 101 Å². The van der Waals surface area contributed by atoms with Crippen LogP contribution in [-0.4, -0.2) is 5.78 Å². The number of anilines is 1. The molecule has 0 aromatic heterocycles. The predicted octanol–water partition coefficient (Wildman–Crippen LogP) is 5.88. The molecule has 2 nitrogen and oxygen atoms in total. The first kappa shape index (κ1) is 16.5. The van der Waals surface area contributed by atoms with Gasteiger partial charge in [-0.3, -0.25) is 4.79 Å². The fourth-order valence-electron chi connectivity index (χ4n) is 2.61. The van der Waals surface area contributed by atoms with Crippen LogP contribution in [0, 0.1) is 0 Å². The van der Waals surface area contributed by atoms with E-state index in [2.05, 4.69) is 21.2 Å². The number of carbonyl (C=O) groups is 1. The molecule has 0 aliphatic carbocycles. The van der Waals surface area contributed by atoms with E-state index in [0.717, 1.165) is 21.3 Å². The summed E-state index contributed by atoms with van der Waals surface area (Å²) in [6.07, 6.45) is 0.403. The van der Waals surface area contributed by atoms with Crippen molar-refractivity contribution in [1.29, 1.82) is 0 Å². The molecule has 0 bridgehead atoms. The Labute approximate surface area is 150 Å². The van der Waals surface area contributed by atoms with E-state index >= 15 is 0 Å². The molecule has 0 saturated carbocycles. The van der Waals surface area contributed by atoms with Crippen molar-refractivity contribution >= 4 is 27.4 Å². The summed E-state index contributed by atoms with van der Waals surface area (Å²) in [6.45, 7) is 0. The molecule has 0 radical (unpaired) electrons. The average Bonchev–Trinajstić information content (AvgIpc) is 2.63. The number of para-hydroxylation sites is 1. The van der Waals surface area contributed by atoms with Gasteiger partial charge in [-0.25, -0.2) is 0 Å². The van der Waals surface area contributed by atoms with Crippen molar-refractivity contribution in [2.75, 3.05) is 5.32 Å². The zero-order chi connectivity index (χ0) is 16.8.